The van der Waals surface area contributed by atoms with Gasteiger partial charge in [0.15, 0.2) is 0 Å². The van der Waals surface area contributed by atoms with Crippen molar-refractivity contribution in [1.82, 2.24) is 10.3 Å². The second-order valence-corrected chi connectivity index (χ2v) is 7.24. The minimum absolute atomic E-state index is 0.0522. The van der Waals surface area contributed by atoms with Gasteiger partial charge in [0.25, 0.3) is 0 Å². The molecule has 2 aromatic carbocycles. The molecule has 0 aliphatic rings. The first-order valence-corrected chi connectivity index (χ1v) is 9.51. The number of para-hydroxylation sites is 1. The molecule has 0 aliphatic carbocycles. The van der Waals surface area contributed by atoms with E-state index < -0.39 is 0 Å². The van der Waals surface area contributed by atoms with Crippen LogP contribution in [0.3, 0.4) is 0 Å². The Morgan fingerprint density at radius 1 is 1.08 bits per heavy atom. The summed E-state index contributed by atoms with van der Waals surface area (Å²) in [5.41, 5.74) is 4.82. The Hall–Kier alpha value is -2.55. The summed E-state index contributed by atoms with van der Waals surface area (Å²) in [4.78, 5) is 15.8. The molecule has 0 radical (unpaired) electrons. The molecule has 0 spiro atoms. The van der Waals surface area contributed by atoms with Gasteiger partial charge in [-0.1, -0.05) is 63.2 Å². The third-order valence-electron chi connectivity index (χ3n) is 5.03. The van der Waals surface area contributed by atoms with Gasteiger partial charge in [-0.3, -0.25) is 4.79 Å². The maximum atomic E-state index is 12.6. The lowest BCUT2D eigenvalue weighted by atomic mass is 9.94. The number of aromatic nitrogens is 1. The van der Waals surface area contributed by atoms with Crippen LogP contribution in [-0.4, -0.2) is 10.9 Å². The zero-order valence-electron chi connectivity index (χ0n) is 15.9. The van der Waals surface area contributed by atoms with E-state index >= 15 is 0 Å². The number of rotatable bonds is 7. The van der Waals surface area contributed by atoms with Gasteiger partial charge in [0.05, 0.1) is 6.04 Å². The minimum Gasteiger partial charge on any atom is -0.361 e. The number of carbonyl (C=O) groups excluding carboxylic acids is 1. The van der Waals surface area contributed by atoms with Crippen molar-refractivity contribution in [3.8, 4) is 0 Å². The van der Waals surface area contributed by atoms with Crippen LogP contribution in [0, 0.1) is 5.92 Å². The molecule has 2 N–H and O–H groups in total. The molecule has 3 nitrogen and oxygen atoms in total. The fourth-order valence-corrected chi connectivity index (χ4v) is 3.43. The van der Waals surface area contributed by atoms with Gasteiger partial charge in [-0.05, 0) is 41.5 Å². The first kappa shape index (κ1) is 18.2. The quantitative estimate of drug-likeness (QED) is 0.607. The van der Waals surface area contributed by atoms with E-state index in [1.807, 2.05) is 18.3 Å². The highest BCUT2D eigenvalue weighted by Gasteiger charge is 2.18. The number of hydrogen-bond acceptors (Lipinski definition) is 1. The van der Waals surface area contributed by atoms with E-state index in [-0.39, 0.29) is 11.9 Å². The minimum atomic E-state index is 0.0522. The molecular formula is C23H28N2O. The highest BCUT2D eigenvalue weighted by molar-refractivity contribution is 5.84. The zero-order chi connectivity index (χ0) is 18.5. The van der Waals surface area contributed by atoms with E-state index in [4.69, 9.17) is 0 Å². The lowest BCUT2D eigenvalue weighted by Gasteiger charge is -2.23. The topological polar surface area (TPSA) is 44.9 Å². The van der Waals surface area contributed by atoms with E-state index in [9.17, 15) is 4.79 Å². The predicted molar refractivity (Wildman–Crippen MR) is 108 cm³/mol. The van der Waals surface area contributed by atoms with Gasteiger partial charge in [-0.25, -0.2) is 0 Å². The monoisotopic (exact) mass is 348 g/mol. The molecule has 0 bridgehead atoms. The number of nitrogens with one attached hydrogen (secondary N) is 2. The second kappa shape index (κ2) is 8.22. The Bertz CT molecular complexity index is 861. The largest absolute Gasteiger partial charge is 0.361 e. The summed E-state index contributed by atoms with van der Waals surface area (Å²) in [5, 5.41) is 4.44. The number of hydrogen-bond donors (Lipinski definition) is 2. The molecule has 3 rings (SSSR count). The maximum Gasteiger partial charge on any atom is 0.220 e. The third-order valence-corrected chi connectivity index (χ3v) is 5.03. The van der Waals surface area contributed by atoms with Crippen molar-refractivity contribution in [1.29, 1.82) is 0 Å². The summed E-state index contributed by atoms with van der Waals surface area (Å²) < 4.78 is 0. The molecule has 1 amide bonds. The van der Waals surface area contributed by atoms with Crippen molar-refractivity contribution >= 4 is 16.8 Å². The van der Waals surface area contributed by atoms with Gasteiger partial charge in [0, 0.05) is 23.5 Å². The number of H-pyrrole nitrogens is 1. The molecule has 0 saturated carbocycles. The van der Waals surface area contributed by atoms with Gasteiger partial charge in [-0.15, -0.1) is 0 Å². The Morgan fingerprint density at radius 2 is 1.81 bits per heavy atom. The predicted octanol–water partition coefficient (Wildman–Crippen LogP) is 5.18. The summed E-state index contributed by atoms with van der Waals surface area (Å²) in [5.74, 6) is 0.452. The molecule has 1 unspecified atom stereocenters. The van der Waals surface area contributed by atoms with E-state index in [1.165, 1.54) is 22.1 Å². The SMILES string of the molecule is CCc1ccc(C(NC(=O)CCc2c[nH]c3ccccc23)C(C)C)cc1. The number of benzene rings is 2. The molecule has 1 heterocycles. The summed E-state index contributed by atoms with van der Waals surface area (Å²) >= 11 is 0. The number of aromatic amines is 1. The molecule has 26 heavy (non-hydrogen) atoms. The molecule has 3 heteroatoms. The Balaban J connectivity index is 1.64. The van der Waals surface area contributed by atoms with Crippen LogP contribution in [0.25, 0.3) is 10.9 Å². The lowest BCUT2D eigenvalue weighted by molar-refractivity contribution is -0.122. The van der Waals surface area contributed by atoms with Crippen molar-refractivity contribution in [2.24, 2.45) is 5.92 Å². The average molecular weight is 348 g/mol. The van der Waals surface area contributed by atoms with Gasteiger partial charge in [0.2, 0.25) is 5.91 Å². The molecule has 0 saturated heterocycles. The molecule has 136 valence electrons. The van der Waals surface area contributed by atoms with Gasteiger partial charge < -0.3 is 10.3 Å². The first-order chi connectivity index (χ1) is 12.6. The molecule has 3 aromatic rings. The van der Waals surface area contributed by atoms with Crippen LogP contribution in [0.2, 0.25) is 0 Å². The average Bonchev–Trinajstić information content (AvgIpc) is 3.07. The van der Waals surface area contributed by atoms with Gasteiger partial charge >= 0.3 is 0 Å². The van der Waals surface area contributed by atoms with Crippen LogP contribution in [0.5, 0.6) is 0 Å². The van der Waals surface area contributed by atoms with Crippen molar-refractivity contribution in [3.63, 3.8) is 0 Å². The molecule has 0 aliphatic heterocycles. The van der Waals surface area contributed by atoms with Crippen LogP contribution >= 0.6 is 0 Å². The number of aryl methyl sites for hydroxylation is 2. The molecule has 1 aromatic heterocycles. The van der Waals surface area contributed by atoms with Crippen LogP contribution in [-0.2, 0) is 17.6 Å². The summed E-state index contributed by atoms with van der Waals surface area (Å²) in [7, 11) is 0. The fraction of sp³-hybridized carbons (Fsp3) is 0.348. The Labute approximate surface area is 155 Å². The third kappa shape index (κ3) is 4.16. The summed E-state index contributed by atoms with van der Waals surface area (Å²) in [6.07, 6.45) is 4.29. The lowest BCUT2D eigenvalue weighted by Crippen LogP contribution is -2.31. The number of amides is 1. The van der Waals surface area contributed by atoms with E-state index in [0.717, 1.165) is 18.4 Å². The van der Waals surface area contributed by atoms with Crippen LogP contribution in [0.4, 0.5) is 0 Å². The van der Waals surface area contributed by atoms with Crippen LogP contribution in [0.1, 0.15) is 49.9 Å². The van der Waals surface area contributed by atoms with E-state index in [1.54, 1.807) is 0 Å². The van der Waals surface area contributed by atoms with Crippen LogP contribution < -0.4 is 5.32 Å². The van der Waals surface area contributed by atoms with Crippen molar-refractivity contribution in [2.45, 2.75) is 46.1 Å². The first-order valence-electron chi connectivity index (χ1n) is 9.51. The van der Waals surface area contributed by atoms with Crippen LogP contribution in [0.15, 0.2) is 54.7 Å². The van der Waals surface area contributed by atoms with Crippen molar-refractivity contribution < 1.29 is 4.79 Å². The highest BCUT2D eigenvalue weighted by Crippen LogP contribution is 2.23. The van der Waals surface area contributed by atoms with Gasteiger partial charge in [0.1, 0.15) is 0 Å². The van der Waals surface area contributed by atoms with E-state index in [2.05, 4.69) is 67.5 Å². The van der Waals surface area contributed by atoms with E-state index in [0.29, 0.717) is 12.3 Å². The molecule has 0 fully saturated rings. The maximum absolute atomic E-state index is 12.6. The fourth-order valence-electron chi connectivity index (χ4n) is 3.43. The highest BCUT2D eigenvalue weighted by atomic mass is 16.1. The Kier molecular flexibility index (Phi) is 5.77. The zero-order valence-corrected chi connectivity index (χ0v) is 15.9. The second-order valence-electron chi connectivity index (χ2n) is 7.24. The standard InChI is InChI=1S/C23H28N2O/c1-4-17-9-11-18(12-10-17)23(16(2)3)25-22(26)14-13-19-15-24-21-8-6-5-7-20(19)21/h5-12,15-16,23-24H,4,13-14H2,1-3H3,(H,25,26). The number of fused-ring (bicyclic) bond motifs is 1. The summed E-state index contributed by atoms with van der Waals surface area (Å²) in [6.45, 7) is 6.46. The Morgan fingerprint density at radius 3 is 2.50 bits per heavy atom. The van der Waals surface area contributed by atoms with Crippen molar-refractivity contribution in [2.75, 3.05) is 0 Å². The van der Waals surface area contributed by atoms with Gasteiger partial charge in [-0.2, -0.15) is 0 Å². The smallest absolute Gasteiger partial charge is 0.220 e. The van der Waals surface area contributed by atoms with Crippen molar-refractivity contribution in [3.05, 3.63) is 71.4 Å². The number of carbonyl (C=O) groups is 1. The molecular weight excluding hydrogens is 320 g/mol. The normalized spacial score (nSPS) is 12.5. The summed E-state index contributed by atoms with van der Waals surface area (Å²) in [6, 6.07) is 16.9. The molecule has 1 atom stereocenters.